The van der Waals surface area contributed by atoms with Crippen molar-refractivity contribution in [3.05, 3.63) is 11.8 Å². The largest absolute Gasteiger partial charge is 0.480 e. The Labute approximate surface area is 159 Å². The number of rotatable bonds is 9. The molecule has 0 spiro atoms. The van der Waals surface area contributed by atoms with Crippen LogP contribution in [-0.2, 0) is 19.9 Å². The summed E-state index contributed by atoms with van der Waals surface area (Å²) in [6.07, 6.45) is 0.908. The normalized spacial score (nSPS) is 18.1. The molecule has 2 heterocycles. The molecule has 13 heteroatoms. The molecule has 1 aromatic rings. The third kappa shape index (κ3) is 5.61. The number of carboxylic acids is 1. The lowest BCUT2D eigenvalue weighted by Crippen LogP contribution is -2.48. The summed E-state index contributed by atoms with van der Waals surface area (Å²) in [5, 5.41) is 30.3. The van der Waals surface area contributed by atoms with Crippen molar-refractivity contribution in [2.75, 3.05) is 19.8 Å². The summed E-state index contributed by atoms with van der Waals surface area (Å²) in [5.74, 6) is -1.84. The maximum atomic E-state index is 12.1. The molecule has 3 amide bonds. The summed E-state index contributed by atoms with van der Waals surface area (Å²) in [6.45, 7) is 0.0899. The number of aliphatic hydroxyl groups excluding tert-OH is 1. The van der Waals surface area contributed by atoms with E-state index >= 15 is 0 Å². The van der Waals surface area contributed by atoms with Crippen LogP contribution in [0.3, 0.4) is 0 Å². The number of hydrogen-bond acceptors (Lipinski definition) is 9. The number of primary amides is 1. The Hall–Kier alpha value is -2.77. The molecule has 8 N–H and O–H groups in total. The lowest BCUT2D eigenvalue weighted by atomic mass is 9.91. The Balaban J connectivity index is 2.13. The first kappa shape index (κ1) is 21.5. The minimum atomic E-state index is -1.50. The monoisotopic (exact) mass is 400 g/mol. The predicted octanol–water partition coefficient (Wildman–Crippen LogP) is -1.91. The van der Waals surface area contributed by atoms with Gasteiger partial charge in [-0.2, -0.15) is 0 Å². The van der Waals surface area contributed by atoms with Crippen LogP contribution in [0.2, 0.25) is 0 Å². The number of ether oxygens (including phenoxy) is 1. The van der Waals surface area contributed by atoms with E-state index < -0.39 is 42.1 Å². The van der Waals surface area contributed by atoms with Gasteiger partial charge in [0.2, 0.25) is 17.7 Å². The summed E-state index contributed by atoms with van der Waals surface area (Å²) >= 11 is 0. The van der Waals surface area contributed by atoms with Crippen molar-refractivity contribution < 1.29 is 33.8 Å². The van der Waals surface area contributed by atoms with Crippen LogP contribution >= 0.6 is 0 Å². The van der Waals surface area contributed by atoms with Crippen LogP contribution in [0.25, 0.3) is 0 Å². The topological polar surface area (TPSA) is 216 Å². The van der Waals surface area contributed by atoms with Crippen molar-refractivity contribution in [2.24, 2.45) is 11.5 Å². The van der Waals surface area contributed by atoms with E-state index in [0.29, 0.717) is 26.1 Å². The molecule has 1 aliphatic heterocycles. The van der Waals surface area contributed by atoms with Gasteiger partial charge in [0.1, 0.15) is 6.04 Å². The third-order valence-electron chi connectivity index (χ3n) is 4.32. The highest BCUT2D eigenvalue weighted by Crippen LogP contribution is 2.29. The summed E-state index contributed by atoms with van der Waals surface area (Å²) in [5.41, 5.74) is 10.6. The fourth-order valence-electron chi connectivity index (χ4n) is 2.61. The SMILES string of the molecule is NC(=O)CCC(NC(=O)NC(CO)C(=O)O)c1nnc(C2(N)CCOCC2)o1. The molecule has 1 aliphatic rings. The number of amides is 3. The summed E-state index contributed by atoms with van der Waals surface area (Å²) in [4.78, 5) is 34.1. The van der Waals surface area contributed by atoms with Crippen molar-refractivity contribution in [2.45, 2.75) is 43.3 Å². The Morgan fingerprint density at radius 2 is 1.89 bits per heavy atom. The number of aromatic nitrogens is 2. The van der Waals surface area contributed by atoms with Crippen LogP contribution < -0.4 is 22.1 Å². The Morgan fingerprint density at radius 1 is 1.21 bits per heavy atom. The first-order chi connectivity index (χ1) is 13.2. The highest BCUT2D eigenvalue weighted by atomic mass is 16.5. The van der Waals surface area contributed by atoms with E-state index in [-0.39, 0.29) is 24.6 Å². The predicted molar refractivity (Wildman–Crippen MR) is 91.6 cm³/mol. The first-order valence-electron chi connectivity index (χ1n) is 8.64. The van der Waals surface area contributed by atoms with Gasteiger partial charge in [-0.05, 0) is 19.3 Å². The highest BCUT2D eigenvalue weighted by molar-refractivity contribution is 5.82. The molecule has 28 heavy (non-hydrogen) atoms. The first-order valence-corrected chi connectivity index (χ1v) is 8.64. The number of nitrogens with one attached hydrogen (secondary N) is 2. The molecular weight excluding hydrogens is 376 g/mol. The molecule has 0 radical (unpaired) electrons. The molecule has 1 fully saturated rings. The molecule has 0 bridgehead atoms. The number of aliphatic carboxylic acids is 1. The van der Waals surface area contributed by atoms with Crippen molar-refractivity contribution in [3.63, 3.8) is 0 Å². The fraction of sp³-hybridized carbons (Fsp3) is 0.667. The maximum absolute atomic E-state index is 12.1. The number of aliphatic hydroxyl groups is 1. The van der Waals surface area contributed by atoms with Gasteiger partial charge in [-0.25, -0.2) is 9.59 Å². The maximum Gasteiger partial charge on any atom is 0.328 e. The number of carboxylic acid groups (broad SMARTS) is 1. The van der Waals surface area contributed by atoms with Gasteiger partial charge in [-0.3, -0.25) is 4.79 Å². The number of urea groups is 1. The molecule has 13 nitrogen and oxygen atoms in total. The van der Waals surface area contributed by atoms with Crippen LogP contribution in [0.5, 0.6) is 0 Å². The van der Waals surface area contributed by atoms with Gasteiger partial charge in [0.15, 0.2) is 6.04 Å². The lowest BCUT2D eigenvalue weighted by Gasteiger charge is -2.29. The van der Waals surface area contributed by atoms with Crippen LogP contribution in [0.15, 0.2) is 4.42 Å². The lowest BCUT2D eigenvalue weighted by molar-refractivity contribution is -0.140. The number of carbonyl (C=O) groups excluding carboxylic acids is 2. The zero-order chi connectivity index (χ0) is 20.7. The van der Waals surface area contributed by atoms with E-state index in [0.717, 1.165) is 0 Å². The van der Waals surface area contributed by atoms with Gasteiger partial charge in [-0.1, -0.05) is 0 Å². The molecule has 0 saturated carbocycles. The van der Waals surface area contributed by atoms with Gasteiger partial charge in [0.05, 0.1) is 12.1 Å². The number of hydrogen-bond donors (Lipinski definition) is 6. The highest BCUT2D eigenvalue weighted by Gasteiger charge is 2.36. The van der Waals surface area contributed by atoms with E-state index in [1.807, 2.05) is 0 Å². The van der Waals surface area contributed by atoms with E-state index in [9.17, 15) is 14.4 Å². The molecule has 2 unspecified atom stereocenters. The van der Waals surface area contributed by atoms with Gasteiger partial charge in [0.25, 0.3) is 0 Å². The van der Waals surface area contributed by atoms with Crippen molar-refractivity contribution in [1.82, 2.24) is 20.8 Å². The van der Waals surface area contributed by atoms with Crippen LogP contribution in [0.1, 0.15) is 43.5 Å². The Kier molecular flexibility index (Phi) is 7.25. The van der Waals surface area contributed by atoms with E-state index in [4.69, 9.17) is 30.8 Å². The minimum Gasteiger partial charge on any atom is -0.480 e. The average Bonchev–Trinajstić information content (AvgIpc) is 3.14. The molecule has 1 saturated heterocycles. The minimum absolute atomic E-state index is 0.00131. The van der Waals surface area contributed by atoms with Crippen LogP contribution in [-0.4, -0.2) is 64.2 Å². The molecule has 1 aromatic heterocycles. The second-order valence-corrected chi connectivity index (χ2v) is 6.46. The molecule has 0 aliphatic carbocycles. The van der Waals surface area contributed by atoms with Gasteiger partial charge in [0, 0.05) is 19.6 Å². The van der Waals surface area contributed by atoms with Crippen molar-refractivity contribution in [1.29, 1.82) is 0 Å². The summed E-state index contributed by atoms with van der Waals surface area (Å²) in [7, 11) is 0. The van der Waals surface area contributed by atoms with E-state index in [2.05, 4.69) is 20.8 Å². The Bertz CT molecular complexity index is 703. The summed E-state index contributed by atoms with van der Waals surface area (Å²) < 4.78 is 10.9. The zero-order valence-corrected chi connectivity index (χ0v) is 15.1. The van der Waals surface area contributed by atoms with Crippen LogP contribution in [0, 0.1) is 0 Å². The molecule has 2 atom stereocenters. The van der Waals surface area contributed by atoms with Crippen LogP contribution in [0.4, 0.5) is 4.79 Å². The molecule has 156 valence electrons. The smallest absolute Gasteiger partial charge is 0.328 e. The second-order valence-electron chi connectivity index (χ2n) is 6.46. The molecule has 0 aromatic carbocycles. The molecular formula is C15H24N6O7. The fourth-order valence-corrected chi connectivity index (χ4v) is 2.61. The van der Waals surface area contributed by atoms with Crippen molar-refractivity contribution >= 4 is 17.9 Å². The number of carbonyl (C=O) groups is 3. The quantitative estimate of drug-likeness (QED) is 0.270. The van der Waals surface area contributed by atoms with E-state index in [1.165, 1.54) is 0 Å². The van der Waals surface area contributed by atoms with Crippen molar-refractivity contribution in [3.8, 4) is 0 Å². The average molecular weight is 400 g/mol. The van der Waals surface area contributed by atoms with Gasteiger partial charge < -0.3 is 41.5 Å². The number of nitrogens with zero attached hydrogens (tertiary/aromatic N) is 2. The summed E-state index contributed by atoms with van der Waals surface area (Å²) in [6, 6.07) is -3.31. The number of nitrogens with two attached hydrogens (primary N) is 2. The zero-order valence-electron chi connectivity index (χ0n) is 15.1. The Morgan fingerprint density at radius 3 is 2.46 bits per heavy atom. The molecule has 2 rings (SSSR count). The third-order valence-corrected chi connectivity index (χ3v) is 4.32. The second kappa shape index (κ2) is 9.43. The van der Waals surface area contributed by atoms with E-state index in [1.54, 1.807) is 0 Å². The van der Waals surface area contributed by atoms with Gasteiger partial charge >= 0.3 is 12.0 Å². The standard InChI is InChI=1S/C15H24N6O7/c16-10(23)2-1-8(18-14(26)19-9(7-22)12(24)25)11-20-21-13(28-11)15(17)3-5-27-6-4-15/h8-9,22H,1-7,17H2,(H2,16,23)(H,24,25)(H2,18,19,26). The van der Waals surface area contributed by atoms with Gasteiger partial charge in [-0.15, -0.1) is 10.2 Å².